The Bertz CT molecular complexity index is 661. The molecule has 0 saturated heterocycles. The number of rotatable bonds is 6. The molecular weight excluding hydrogens is 305 g/mol. The number of hydrogen-bond donors (Lipinski definition) is 1. The van der Waals surface area contributed by atoms with Crippen LogP contribution in [0.5, 0.6) is 5.75 Å². The highest BCUT2D eigenvalue weighted by Gasteiger charge is 2.09. The number of nitrogens with one attached hydrogen (secondary N) is 1. The fourth-order valence-electron chi connectivity index (χ4n) is 2.06. The van der Waals surface area contributed by atoms with Gasteiger partial charge in [0.2, 0.25) is 5.91 Å². The van der Waals surface area contributed by atoms with Gasteiger partial charge in [0.25, 0.3) is 0 Å². The first kappa shape index (κ1) is 16.3. The van der Waals surface area contributed by atoms with Crippen LogP contribution in [0.1, 0.15) is 18.9 Å². The van der Waals surface area contributed by atoms with Crippen molar-refractivity contribution in [2.24, 2.45) is 0 Å². The van der Waals surface area contributed by atoms with E-state index in [2.05, 4.69) is 5.32 Å². The van der Waals surface area contributed by atoms with Gasteiger partial charge in [0, 0.05) is 6.42 Å². The molecule has 116 valence electrons. The molecule has 0 spiro atoms. The first-order valence-electron chi connectivity index (χ1n) is 7.05. The number of aryl methyl sites for hydroxylation is 1. The van der Waals surface area contributed by atoms with Gasteiger partial charge < -0.3 is 10.1 Å². The van der Waals surface area contributed by atoms with Crippen LogP contribution in [0.15, 0.2) is 42.5 Å². The second-order valence-electron chi connectivity index (χ2n) is 4.71. The molecule has 0 unspecified atom stereocenters. The van der Waals surface area contributed by atoms with Crippen LogP contribution in [0, 0.1) is 5.82 Å². The summed E-state index contributed by atoms with van der Waals surface area (Å²) in [5.41, 5.74) is 1.39. The molecule has 22 heavy (non-hydrogen) atoms. The summed E-state index contributed by atoms with van der Waals surface area (Å²) in [4.78, 5) is 12.0. The van der Waals surface area contributed by atoms with E-state index >= 15 is 0 Å². The number of ether oxygens (including phenoxy) is 1. The second-order valence-corrected chi connectivity index (χ2v) is 5.12. The van der Waals surface area contributed by atoms with E-state index in [0.29, 0.717) is 18.7 Å². The number of halogens is 2. The lowest BCUT2D eigenvalue weighted by molar-refractivity contribution is -0.116. The Morgan fingerprint density at radius 2 is 2.05 bits per heavy atom. The Kier molecular flexibility index (Phi) is 5.78. The third-order valence-corrected chi connectivity index (χ3v) is 3.41. The molecule has 0 heterocycles. The highest BCUT2D eigenvalue weighted by Crippen LogP contribution is 2.23. The molecular formula is C17H17ClFNO2. The van der Waals surface area contributed by atoms with Gasteiger partial charge in [-0.05, 0) is 43.2 Å². The molecule has 0 aliphatic rings. The highest BCUT2D eigenvalue weighted by atomic mass is 35.5. The zero-order valence-electron chi connectivity index (χ0n) is 12.2. The van der Waals surface area contributed by atoms with Crippen LogP contribution >= 0.6 is 11.6 Å². The monoisotopic (exact) mass is 321 g/mol. The number of hydrogen-bond acceptors (Lipinski definition) is 2. The Hall–Kier alpha value is -2.07. The van der Waals surface area contributed by atoms with Crippen LogP contribution in [0.3, 0.4) is 0 Å². The van der Waals surface area contributed by atoms with Crippen molar-refractivity contribution in [1.82, 2.24) is 0 Å². The lowest BCUT2D eigenvalue weighted by Crippen LogP contribution is -2.13. The topological polar surface area (TPSA) is 38.3 Å². The molecule has 2 aromatic rings. The van der Waals surface area contributed by atoms with Crippen molar-refractivity contribution in [3.63, 3.8) is 0 Å². The van der Waals surface area contributed by atoms with E-state index in [9.17, 15) is 9.18 Å². The molecule has 0 atom stereocenters. The molecule has 0 saturated carbocycles. The van der Waals surface area contributed by atoms with Crippen LogP contribution < -0.4 is 10.1 Å². The molecule has 0 bridgehead atoms. The van der Waals surface area contributed by atoms with Gasteiger partial charge in [0.15, 0.2) is 0 Å². The Morgan fingerprint density at radius 3 is 2.77 bits per heavy atom. The average molecular weight is 322 g/mol. The molecule has 1 N–H and O–H groups in total. The van der Waals surface area contributed by atoms with Gasteiger partial charge >= 0.3 is 0 Å². The predicted octanol–water partition coefficient (Wildman–Crippen LogP) is 4.45. The van der Waals surface area contributed by atoms with E-state index in [1.165, 1.54) is 18.2 Å². The number of carbonyl (C=O) groups excluding carboxylic acids is 1. The van der Waals surface area contributed by atoms with E-state index in [0.717, 1.165) is 11.3 Å². The highest BCUT2D eigenvalue weighted by molar-refractivity contribution is 6.33. The first-order chi connectivity index (χ1) is 10.6. The standard InChI is InChI=1S/C17H17ClFNO2/c1-2-22-16-6-4-3-5-12(16)7-10-17(21)20-15-9-8-13(19)11-14(15)18/h3-6,8-9,11H,2,7,10H2,1H3,(H,20,21). The predicted molar refractivity (Wildman–Crippen MR) is 86.0 cm³/mol. The first-order valence-corrected chi connectivity index (χ1v) is 7.43. The smallest absolute Gasteiger partial charge is 0.224 e. The third-order valence-electron chi connectivity index (χ3n) is 3.10. The molecule has 2 aromatic carbocycles. The van der Waals surface area contributed by atoms with Crippen molar-refractivity contribution in [1.29, 1.82) is 0 Å². The zero-order chi connectivity index (χ0) is 15.9. The van der Waals surface area contributed by atoms with E-state index in [4.69, 9.17) is 16.3 Å². The number of para-hydroxylation sites is 1. The second kappa shape index (κ2) is 7.80. The van der Waals surface area contributed by atoms with Gasteiger partial charge in [0.05, 0.1) is 17.3 Å². The zero-order valence-corrected chi connectivity index (χ0v) is 13.0. The maximum absolute atomic E-state index is 13.0. The van der Waals surface area contributed by atoms with E-state index < -0.39 is 5.82 Å². The minimum atomic E-state index is -0.436. The van der Waals surface area contributed by atoms with Gasteiger partial charge in [-0.1, -0.05) is 29.8 Å². The van der Waals surface area contributed by atoms with E-state index in [1.807, 2.05) is 31.2 Å². The van der Waals surface area contributed by atoms with Crippen molar-refractivity contribution >= 4 is 23.2 Å². The fraction of sp³-hybridized carbons (Fsp3) is 0.235. The summed E-state index contributed by atoms with van der Waals surface area (Å²) >= 11 is 5.88. The van der Waals surface area contributed by atoms with Gasteiger partial charge in [-0.2, -0.15) is 0 Å². The van der Waals surface area contributed by atoms with E-state index in [-0.39, 0.29) is 17.4 Å². The fourth-order valence-corrected chi connectivity index (χ4v) is 2.27. The maximum atomic E-state index is 13.0. The minimum Gasteiger partial charge on any atom is -0.494 e. The molecule has 0 aliphatic heterocycles. The maximum Gasteiger partial charge on any atom is 0.224 e. The lowest BCUT2D eigenvalue weighted by Gasteiger charge is -2.10. The van der Waals surface area contributed by atoms with Gasteiger partial charge in [-0.3, -0.25) is 4.79 Å². The number of amides is 1. The normalized spacial score (nSPS) is 10.3. The summed E-state index contributed by atoms with van der Waals surface area (Å²) in [5.74, 6) is 0.172. The van der Waals surface area contributed by atoms with Gasteiger partial charge in [-0.15, -0.1) is 0 Å². The van der Waals surface area contributed by atoms with Crippen LogP contribution in [-0.4, -0.2) is 12.5 Å². The largest absolute Gasteiger partial charge is 0.494 e. The summed E-state index contributed by atoms with van der Waals surface area (Å²) in [6.45, 7) is 2.49. The van der Waals surface area contributed by atoms with Gasteiger partial charge in [-0.25, -0.2) is 4.39 Å². The molecule has 2 rings (SSSR count). The van der Waals surface area contributed by atoms with Crippen LogP contribution in [0.25, 0.3) is 0 Å². The molecule has 0 radical (unpaired) electrons. The molecule has 5 heteroatoms. The Balaban J connectivity index is 1.95. The summed E-state index contributed by atoms with van der Waals surface area (Å²) in [5, 5.41) is 2.86. The Morgan fingerprint density at radius 1 is 1.27 bits per heavy atom. The van der Waals surface area contributed by atoms with Crippen LogP contribution in [-0.2, 0) is 11.2 Å². The Labute approximate surface area is 134 Å². The van der Waals surface area contributed by atoms with Crippen molar-refractivity contribution < 1.29 is 13.9 Å². The summed E-state index contributed by atoms with van der Waals surface area (Å²) < 4.78 is 18.5. The molecule has 0 aromatic heterocycles. The quantitative estimate of drug-likeness (QED) is 0.853. The number of anilines is 1. The lowest BCUT2D eigenvalue weighted by atomic mass is 10.1. The van der Waals surface area contributed by atoms with Crippen molar-refractivity contribution in [2.45, 2.75) is 19.8 Å². The number of benzene rings is 2. The van der Waals surface area contributed by atoms with Crippen LogP contribution in [0.2, 0.25) is 5.02 Å². The molecule has 1 amide bonds. The molecule has 0 fully saturated rings. The van der Waals surface area contributed by atoms with Crippen molar-refractivity contribution in [3.05, 3.63) is 58.9 Å². The number of carbonyl (C=O) groups is 1. The molecule has 3 nitrogen and oxygen atoms in total. The average Bonchev–Trinajstić information content (AvgIpc) is 2.49. The SMILES string of the molecule is CCOc1ccccc1CCC(=O)Nc1ccc(F)cc1Cl. The van der Waals surface area contributed by atoms with Crippen LogP contribution in [0.4, 0.5) is 10.1 Å². The summed E-state index contributed by atoms with van der Waals surface area (Å²) in [6.07, 6.45) is 0.846. The van der Waals surface area contributed by atoms with Crippen molar-refractivity contribution in [3.8, 4) is 5.75 Å². The van der Waals surface area contributed by atoms with Crippen molar-refractivity contribution in [2.75, 3.05) is 11.9 Å². The van der Waals surface area contributed by atoms with Gasteiger partial charge in [0.1, 0.15) is 11.6 Å². The molecule has 0 aliphatic carbocycles. The van der Waals surface area contributed by atoms with E-state index in [1.54, 1.807) is 0 Å². The third kappa shape index (κ3) is 4.46. The minimum absolute atomic E-state index is 0.181. The summed E-state index contributed by atoms with van der Waals surface area (Å²) in [7, 11) is 0. The summed E-state index contributed by atoms with van der Waals surface area (Å²) in [6, 6.07) is 11.5.